The molecule has 10 heteroatoms. The van der Waals surface area contributed by atoms with Gasteiger partial charge in [-0.1, -0.05) is 24.2 Å². The van der Waals surface area contributed by atoms with Gasteiger partial charge in [0.05, 0.1) is 11.6 Å². The molecule has 3 aliphatic rings. The molecule has 0 radical (unpaired) electrons. The van der Waals surface area contributed by atoms with Crippen LogP contribution in [0.25, 0.3) is 11.3 Å². The van der Waals surface area contributed by atoms with E-state index in [-0.39, 0.29) is 57.8 Å². The highest BCUT2D eigenvalue weighted by Crippen LogP contribution is 2.46. The number of aromatic nitrogens is 1. The molecule has 2 aromatic rings. The van der Waals surface area contributed by atoms with E-state index in [4.69, 9.17) is 16.3 Å². The molecule has 1 aromatic carbocycles. The highest BCUT2D eigenvalue weighted by molar-refractivity contribution is 6.35. The van der Waals surface area contributed by atoms with Crippen LogP contribution in [-0.2, 0) is 4.79 Å². The Morgan fingerprint density at radius 3 is 2.71 bits per heavy atom. The van der Waals surface area contributed by atoms with Gasteiger partial charge < -0.3 is 24.5 Å². The van der Waals surface area contributed by atoms with Crippen molar-refractivity contribution >= 4 is 29.2 Å². The average Bonchev–Trinajstić information content (AvgIpc) is 3.32. The lowest BCUT2D eigenvalue weighted by Crippen LogP contribution is -2.57. The standard InChI is InChI=1S/C24H24ClFN4O4/c1-2-17(32)29-10-11-30-14(12-29)13-34-22-19(24(30)33)23(28-8-3-4-9-28)27-21(20(22)25)18-15(26)6-5-7-16(18)31/h2,5-7,14,31H,1,3-4,8-13H2/t14-/m1/s1. The van der Waals surface area contributed by atoms with Crippen molar-refractivity contribution in [1.29, 1.82) is 0 Å². The zero-order chi connectivity index (χ0) is 24.0. The Hall–Kier alpha value is -3.33. The number of benzene rings is 1. The van der Waals surface area contributed by atoms with E-state index in [0.29, 0.717) is 38.5 Å². The fraction of sp³-hybridized carbons (Fsp3) is 0.375. The maximum absolute atomic E-state index is 14.8. The Morgan fingerprint density at radius 2 is 2.00 bits per heavy atom. The van der Waals surface area contributed by atoms with E-state index in [1.54, 1.807) is 9.80 Å². The molecule has 0 unspecified atom stereocenters. The van der Waals surface area contributed by atoms with Crippen LogP contribution in [0, 0.1) is 5.82 Å². The summed E-state index contributed by atoms with van der Waals surface area (Å²) in [6.45, 7) is 6.02. The van der Waals surface area contributed by atoms with E-state index in [2.05, 4.69) is 11.6 Å². The van der Waals surface area contributed by atoms with Crippen LogP contribution in [0.2, 0.25) is 5.02 Å². The number of amides is 2. The van der Waals surface area contributed by atoms with E-state index in [1.165, 1.54) is 24.3 Å². The molecule has 34 heavy (non-hydrogen) atoms. The van der Waals surface area contributed by atoms with Gasteiger partial charge in [-0.05, 0) is 31.1 Å². The zero-order valence-electron chi connectivity index (χ0n) is 18.5. The van der Waals surface area contributed by atoms with Crippen molar-refractivity contribution in [3.63, 3.8) is 0 Å². The van der Waals surface area contributed by atoms with Crippen LogP contribution in [-0.4, -0.2) is 77.1 Å². The van der Waals surface area contributed by atoms with Crippen LogP contribution in [0.5, 0.6) is 11.5 Å². The predicted octanol–water partition coefficient (Wildman–Crippen LogP) is 3.08. The summed E-state index contributed by atoms with van der Waals surface area (Å²) >= 11 is 6.69. The van der Waals surface area contributed by atoms with E-state index in [0.717, 1.165) is 12.8 Å². The largest absolute Gasteiger partial charge is 0.507 e. The lowest BCUT2D eigenvalue weighted by molar-refractivity contribution is -0.128. The fourth-order valence-electron chi connectivity index (χ4n) is 4.85. The highest BCUT2D eigenvalue weighted by Gasteiger charge is 2.41. The monoisotopic (exact) mass is 486 g/mol. The van der Waals surface area contributed by atoms with Crippen LogP contribution in [0.1, 0.15) is 23.2 Å². The summed E-state index contributed by atoms with van der Waals surface area (Å²) in [7, 11) is 0. The fourth-order valence-corrected chi connectivity index (χ4v) is 5.13. The maximum atomic E-state index is 14.8. The number of hydrogen-bond acceptors (Lipinski definition) is 6. The van der Waals surface area contributed by atoms with E-state index >= 15 is 0 Å². The number of aromatic hydroxyl groups is 1. The minimum Gasteiger partial charge on any atom is -0.507 e. The van der Waals surface area contributed by atoms with Crippen molar-refractivity contribution in [3.05, 3.63) is 47.3 Å². The number of rotatable bonds is 3. The van der Waals surface area contributed by atoms with Crippen molar-refractivity contribution in [2.45, 2.75) is 18.9 Å². The topological polar surface area (TPSA) is 86.2 Å². The lowest BCUT2D eigenvalue weighted by Gasteiger charge is -2.39. The SMILES string of the molecule is C=CC(=O)N1CCN2C(=O)c3c(N4CCCC4)nc(-c4c(O)cccc4F)c(Cl)c3OC[C@H]2C1. The molecule has 178 valence electrons. The molecule has 8 nitrogen and oxygen atoms in total. The third-order valence-electron chi connectivity index (χ3n) is 6.57. The van der Waals surface area contributed by atoms with E-state index in [9.17, 15) is 19.1 Å². The minimum absolute atomic E-state index is 0.0223. The summed E-state index contributed by atoms with van der Waals surface area (Å²) in [5.74, 6) is -0.996. The smallest absolute Gasteiger partial charge is 0.261 e. The van der Waals surface area contributed by atoms with Gasteiger partial charge in [0.2, 0.25) is 5.91 Å². The van der Waals surface area contributed by atoms with Crippen molar-refractivity contribution < 1.29 is 23.8 Å². The first-order valence-corrected chi connectivity index (χ1v) is 11.6. The number of carbonyl (C=O) groups excluding carboxylic acids is 2. The van der Waals surface area contributed by atoms with Gasteiger partial charge in [0, 0.05) is 32.7 Å². The number of anilines is 1. The molecule has 3 aliphatic heterocycles. The third kappa shape index (κ3) is 3.64. The third-order valence-corrected chi connectivity index (χ3v) is 6.92. The highest BCUT2D eigenvalue weighted by atomic mass is 35.5. The van der Waals surface area contributed by atoms with Crippen LogP contribution in [0.15, 0.2) is 30.9 Å². The van der Waals surface area contributed by atoms with Gasteiger partial charge in [-0.15, -0.1) is 0 Å². The summed E-state index contributed by atoms with van der Waals surface area (Å²) in [5.41, 5.74) is 0.114. The zero-order valence-corrected chi connectivity index (χ0v) is 19.2. The van der Waals surface area contributed by atoms with Crippen molar-refractivity contribution in [2.24, 2.45) is 0 Å². The Balaban J connectivity index is 1.65. The van der Waals surface area contributed by atoms with Crippen molar-refractivity contribution in [2.75, 3.05) is 44.2 Å². The van der Waals surface area contributed by atoms with Gasteiger partial charge in [-0.25, -0.2) is 9.37 Å². The summed E-state index contributed by atoms with van der Waals surface area (Å²) in [5, 5.41) is 10.4. The first-order valence-electron chi connectivity index (χ1n) is 11.2. The second-order valence-electron chi connectivity index (χ2n) is 8.58. The predicted molar refractivity (Wildman–Crippen MR) is 125 cm³/mol. The van der Waals surface area contributed by atoms with Crippen LogP contribution in [0.4, 0.5) is 10.2 Å². The normalized spacial score (nSPS) is 19.9. The van der Waals surface area contributed by atoms with Gasteiger partial charge in [0.1, 0.15) is 40.3 Å². The molecule has 1 aromatic heterocycles. The number of pyridine rings is 1. The summed E-state index contributed by atoms with van der Waals surface area (Å²) in [6.07, 6.45) is 3.11. The van der Waals surface area contributed by atoms with Crippen LogP contribution >= 0.6 is 11.6 Å². The van der Waals surface area contributed by atoms with E-state index in [1.807, 2.05) is 4.90 Å². The molecule has 2 fully saturated rings. The summed E-state index contributed by atoms with van der Waals surface area (Å²) < 4.78 is 20.9. The molecule has 0 saturated carbocycles. The van der Waals surface area contributed by atoms with Crippen LogP contribution in [0.3, 0.4) is 0 Å². The molecular formula is C24H24ClFN4O4. The van der Waals surface area contributed by atoms with Gasteiger partial charge >= 0.3 is 0 Å². The number of fused-ring (bicyclic) bond motifs is 2. The van der Waals surface area contributed by atoms with Crippen LogP contribution < -0.4 is 9.64 Å². The quantitative estimate of drug-likeness (QED) is 0.671. The number of phenols is 1. The summed E-state index contributed by atoms with van der Waals surface area (Å²) in [4.78, 5) is 35.9. The van der Waals surface area contributed by atoms with Crippen molar-refractivity contribution in [3.8, 4) is 22.8 Å². The van der Waals surface area contributed by atoms with Gasteiger partial charge in [0.25, 0.3) is 5.91 Å². The Bertz CT molecular complexity index is 1160. The average molecular weight is 487 g/mol. The molecule has 1 N–H and O–H groups in total. The first-order chi connectivity index (χ1) is 16.4. The lowest BCUT2D eigenvalue weighted by atomic mass is 10.1. The Labute approximate surface area is 201 Å². The molecule has 1 atom stereocenters. The number of piperazine rings is 1. The second kappa shape index (κ2) is 8.79. The van der Waals surface area contributed by atoms with Gasteiger partial charge in [-0.2, -0.15) is 0 Å². The Kier molecular flexibility index (Phi) is 5.81. The summed E-state index contributed by atoms with van der Waals surface area (Å²) in [6, 6.07) is 3.58. The number of hydrogen-bond donors (Lipinski definition) is 1. The molecule has 2 amide bonds. The molecule has 5 rings (SSSR count). The minimum atomic E-state index is -0.683. The van der Waals surface area contributed by atoms with Gasteiger partial charge in [0.15, 0.2) is 5.75 Å². The second-order valence-corrected chi connectivity index (χ2v) is 8.96. The molecule has 2 saturated heterocycles. The number of ether oxygens (including phenoxy) is 1. The molecule has 4 heterocycles. The van der Waals surface area contributed by atoms with Gasteiger partial charge in [-0.3, -0.25) is 9.59 Å². The number of phenolic OH excluding ortho intramolecular Hbond substituents is 1. The first kappa shape index (κ1) is 22.5. The number of carbonyl (C=O) groups is 2. The van der Waals surface area contributed by atoms with Crippen molar-refractivity contribution in [1.82, 2.24) is 14.8 Å². The molecule has 0 aliphatic carbocycles. The molecular weight excluding hydrogens is 463 g/mol. The Morgan fingerprint density at radius 1 is 1.24 bits per heavy atom. The number of halogens is 2. The van der Waals surface area contributed by atoms with E-state index < -0.39 is 5.82 Å². The molecule has 0 spiro atoms. The number of nitrogens with zero attached hydrogens (tertiary/aromatic N) is 4. The molecule has 0 bridgehead atoms. The maximum Gasteiger partial charge on any atom is 0.261 e.